The highest BCUT2D eigenvalue weighted by Gasteiger charge is 2.36. The molecule has 0 aromatic heterocycles. The van der Waals surface area contributed by atoms with E-state index in [2.05, 4.69) is 5.32 Å². The summed E-state index contributed by atoms with van der Waals surface area (Å²) < 4.78 is 0. The van der Waals surface area contributed by atoms with E-state index in [4.69, 9.17) is 5.11 Å². The first kappa shape index (κ1) is 8.52. The van der Waals surface area contributed by atoms with E-state index in [9.17, 15) is 0 Å². The van der Waals surface area contributed by atoms with Gasteiger partial charge in [0.05, 0.1) is 0 Å². The third-order valence-electron chi connectivity index (χ3n) is 3.57. The second kappa shape index (κ2) is 3.75. The monoisotopic (exact) mass is 169 g/mol. The standard InChI is InChI=1S/C10H19NO/c12-6-5-8-7-11-10-4-2-1-3-9(8)10/h8-12H,1-7H2. The Morgan fingerprint density at radius 2 is 2.08 bits per heavy atom. The molecule has 2 heteroatoms. The van der Waals surface area contributed by atoms with Gasteiger partial charge < -0.3 is 10.4 Å². The molecule has 1 heterocycles. The highest BCUT2D eigenvalue weighted by molar-refractivity contribution is 4.92. The minimum absolute atomic E-state index is 0.371. The summed E-state index contributed by atoms with van der Waals surface area (Å²) in [4.78, 5) is 0. The van der Waals surface area contributed by atoms with Crippen LogP contribution in [0.25, 0.3) is 0 Å². The van der Waals surface area contributed by atoms with Crippen molar-refractivity contribution in [3.8, 4) is 0 Å². The fourth-order valence-electron chi connectivity index (χ4n) is 2.91. The summed E-state index contributed by atoms with van der Waals surface area (Å²) in [6, 6.07) is 0.787. The Hall–Kier alpha value is -0.0800. The smallest absolute Gasteiger partial charge is 0.0434 e. The first-order chi connectivity index (χ1) is 5.92. The van der Waals surface area contributed by atoms with Crippen molar-refractivity contribution in [2.45, 2.75) is 38.1 Å². The zero-order valence-electron chi connectivity index (χ0n) is 7.63. The SMILES string of the molecule is OCCC1CNC2CCCCC12. The molecule has 2 fully saturated rings. The van der Waals surface area contributed by atoms with Crippen molar-refractivity contribution in [3.05, 3.63) is 0 Å². The molecular weight excluding hydrogens is 150 g/mol. The lowest BCUT2D eigenvalue weighted by Gasteiger charge is -2.28. The van der Waals surface area contributed by atoms with Gasteiger partial charge in [-0.15, -0.1) is 0 Å². The number of hydrogen-bond acceptors (Lipinski definition) is 2. The molecule has 1 aliphatic heterocycles. The second-order valence-corrected chi connectivity index (χ2v) is 4.24. The predicted octanol–water partition coefficient (Wildman–Crippen LogP) is 1.15. The molecule has 0 spiro atoms. The molecule has 1 saturated carbocycles. The molecule has 0 aromatic rings. The number of aliphatic hydroxyl groups excluding tert-OH is 1. The normalized spacial score (nSPS) is 41.2. The van der Waals surface area contributed by atoms with E-state index in [0.717, 1.165) is 30.8 Å². The molecule has 2 aliphatic rings. The van der Waals surface area contributed by atoms with Crippen LogP contribution in [0.15, 0.2) is 0 Å². The molecule has 0 aromatic carbocycles. The Bertz CT molecular complexity index is 149. The summed E-state index contributed by atoms with van der Waals surface area (Å²) in [5, 5.41) is 12.5. The van der Waals surface area contributed by atoms with Gasteiger partial charge in [0, 0.05) is 12.6 Å². The van der Waals surface area contributed by atoms with Crippen LogP contribution in [-0.2, 0) is 0 Å². The second-order valence-electron chi connectivity index (χ2n) is 4.24. The topological polar surface area (TPSA) is 32.3 Å². The van der Waals surface area contributed by atoms with Gasteiger partial charge in [0.2, 0.25) is 0 Å². The summed E-state index contributed by atoms with van der Waals surface area (Å²) in [7, 11) is 0. The molecule has 2 N–H and O–H groups in total. The van der Waals surface area contributed by atoms with E-state index < -0.39 is 0 Å². The molecule has 0 radical (unpaired) electrons. The van der Waals surface area contributed by atoms with Crippen molar-refractivity contribution in [3.63, 3.8) is 0 Å². The Morgan fingerprint density at radius 1 is 1.25 bits per heavy atom. The van der Waals surface area contributed by atoms with Crippen molar-refractivity contribution in [1.82, 2.24) is 5.32 Å². The average molecular weight is 169 g/mol. The van der Waals surface area contributed by atoms with Gasteiger partial charge in [-0.1, -0.05) is 12.8 Å². The van der Waals surface area contributed by atoms with Crippen molar-refractivity contribution < 1.29 is 5.11 Å². The maximum absolute atomic E-state index is 8.89. The molecular formula is C10H19NO. The summed E-state index contributed by atoms with van der Waals surface area (Å²) in [5.41, 5.74) is 0. The van der Waals surface area contributed by atoms with E-state index in [1.54, 1.807) is 0 Å². The Labute approximate surface area is 74.4 Å². The lowest BCUT2D eigenvalue weighted by atomic mass is 9.79. The Morgan fingerprint density at radius 3 is 2.92 bits per heavy atom. The van der Waals surface area contributed by atoms with Crippen LogP contribution in [0, 0.1) is 11.8 Å². The van der Waals surface area contributed by atoms with Crippen LogP contribution in [0.4, 0.5) is 0 Å². The molecule has 70 valence electrons. The fourth-order valence-corrected chi connectivity index (χ4v) is 2.91. The van der Waals surface area contributed by atoms with Gasteiger partial charge in [0.25, 0.3) is 0 Å². The van der Waals surface area contributed by atoms with E-state index >= 15 is 0 Å². The van der Waals surface area contributed by atoms with Crippen molar-refractivity contribution in [1.29, 1.82) is 0 Å². The maximum atomic E-state index is 8.89. The first-order valence-electron chi connectivity index (χ1n) is 5.26. The molecule has 0 bridgehead atoms. The molecule has 2 nitrogen and oxygen atoms in total. The number of fused-ring (bicyclic) bond motifs is 1. The number of nitrogens with one attached hydrogen (secondary N) is 1. The van der Waals surface area contributed by atoms with Gasteiger partial charge in [-0.3, -0.25) is 0 Å². The van der Waals surface area contributed by atoms with Gasteiger partial charge in [0.15, 0.2) is 0 Å². The predicted molar refractivity (Wildman–Crippen MR) is 48.9 cm³/mol. The van der Waals surface area contributed by atoms with Crippen LogP contribution in [0.3, 0.4) is 0 Å². The molecule has 12 heavy (non-hydrogen) atoms. The molecule has 1 saturated heterocycles. The summed E-state index contributed by atoms with van der Waals surface area (Å²) in [6.07, 6.45) is 6.58. The molecule has 2 rings (SSSR count). The average Bonchev–Trinajstić information content (AvgIpc) is 2.50. The highest BCUT2D eigenvalue weighted by atomic mass is 16.3. The first-order valence-corrected chi connectivity index (χ1v) is 5.26. The Kier molecular flexibility index (Phi) is 2.66. The lowest BCUT2D eigenvalue weighted by molar-refractivity contribution is 0.213. The number of hydrogen-bond donors (Lipinski definition) is 2. The lowest BCUT2D eigenvalue weighted by Crippen LogP contribution is -2.30. The van der Waals surface area contributed by atoms with E-state index in [0.29, 0.717) is 6.61 Å². The summed E-state index contributed by atoms with van der Waals surface area (Å²) in [5.74, 6) is 1.64. The number of aliphatic hydroxyl groups is 1. The zero-order valence-corrected chi connectivity index (χ0v) is 7.63. The molecule has 0 amide bonds. The minimum Gasteiger partial charge on any atom is -0.396 e. The Balaban J connectivity index is 1.92. The quantitative estimate of drug-likeness (QED) is 0.650. The van der Waals surface area contributed by atoms with E-state index in [1.807, 2.05) is 0 Å². The van der Waals surface area contributed by atoms with Crippen LogP contribution >= 0.6 is 0 Å². The highest BCUT2D eigenvalue weighted by Crippen LogP contribution is 2.35. The van der Waals surface area contributed by atoms with Crippen LogP contribution in [-0.4, -0.2) is 24.3 Å². The fraction of sp³-hybridized carbons (Fsp3) is 1.00. The van der Waals surface area contributed by atoms with Crippen LogP contribution in [0.2, 0.25) is 0 Å². The van der Waals surface area contributed by atoms with Gasteiger partial charge in [-0.2, -0.15) is 0 Å². The van der Waals surface area contributed by atoms with E-state index in [-0.39, 0.29) is 0 Å². The summed E-state index contributed by atoms with van der Waals surface area (Å²) in [6.45, 7) is 1.52. The van der Waals surface area contributed by atoms with Gasteiger partial charge >= 0.3 is 0 Å². The van der Waals surface area contributed by atoms with Crippen molar-refractivity contribution in [2.75, 3.05) is 13.2 Å². The van der Waals surface area contributed by atoms with Crippen molar-refractivity contribution >= 4 is 0 Å². The van der Waals surface area contributed by atoms with Gasteiger partial charge in [0.1, 0.15) is 0 Å². The largest absolute Gasteiger partial charge is 0.396 e. The molecule has 1 aliphatic carbocycles. The van der Waals surface area contributed by atoms with Crippen LogP contribution in [0.1, 0.15) is 32.1 Å². The minimum atomic E-state index is 0.371. The third-order valence-corrected chi connectivity index (χ3v) is 3.57. The van der Waals surface area contributed by atoms with Gasteiger partial charge in [-0.05, 0) is 37.6 Å². The third kappa shape index (κ3) is 1.50. The van der Waals surface area contributed by atoms with Gasteiger partial charge in [-0.25, -0.2) is 0 Å². The maximum Gasteiger partial charge on any atom is 0.0434 e. The molecule has 3 atom stereocenters. The molecule has 3 unspecified atom stereocenters. The van der Waals surface area contributed by atoms with Crippen molar-refractivity contribution in [2.24, 2.45) is 11.8 Å². The van der Waals surface area contributed by atoms with E-state index in [1.165, 1.54) is 25.7 Å². The zero-order chi connectivity index (χ0) is 8.39. The summed E-state index contributed by atoms with van der Waals surface area (Å²) >= 11 is 0. The number of rotatable bonds is 2. The van der Waals surface area contributed by atoms with Crippen LogP contribution < -0.4 is 5.32 Å². The van der Waals surface area contributed by atoms with Crippen LogP contribution in [0.5, 0.6) is 0 Å².